The van der Waals surface area contributed by atoms with Crippen molar-refractivity contribution in [1.29, 1.82) is 0 Å². The first-order valence-electron chi connectivity index (χ1n) is 5.24. The maximum atomic E-state index is 11.6. The van der Waals surface area contributed by atoms with Gasteiger partial charge in [0.25, 0.3) is 0 Å². The Morgan fingerprint density at radius 3 is 2.80 bits per heavy atom. The third-order valence-electron chi connectivity index (χ3n) is 2.43. The number of aliphatic hydroxyl groups excluding tert-OH is 1. The van der Waals surface area contributed by atoms with E-state index in [1.807, 2.05) is 6.92 Å². The van der Waals surface area contributed by atoms with Gasteiger partial charge in [0.2, 0.25) is 11.8 Å². The third kappa shape index (κ3) is 3.87. The van der Waals surface area contributed by atoms with E-state index in [9.17, 15) is 9.59 Å². The molecule has 3 atom stereocenters. The second-order valence-electron chi connectivity index (χ2n) is 4.20. The lowest BCUT2D eigenvalue weighted by Crippen LogP contribution is -2.39. The Morgan fingerprint density at radius 1 is 1.67 bits per heavy atom. The average molecular weight is 214 g/mol. The topological polar surface area (TPSA) is 78.4 Å². The molecule has 0 spiro atoms. The van der Waals surface area contributed by atoms with Gasteiger partial charge in [0.1, 0.15) is 0 Å². The van der Waals surface area contributed by atoms with Crippen molar-refractivity contribution >= 4 is 11.8 Å². The predicted molar refractivity (Wildman–Crippen MR) is 55.0 cm³/mol. The molecule has 0 saturated carbocycles. The Kier molecular flexibility index (Phi) is 4.08. The lowest BCUT2D eigenvalue weighted by molar-refractivity contribution is -0.127. The van der Waals surface area contributed by atoms with Crippen LogP contribution in [0, 0.1) is 5.92 Å². The van der Waals surface area contributed by atoms with Crippen molar-refractivity contribution < 1.29 is 14.7 Å². The summed E-state index contributed by atoms with van der Waals surface area (Å²) in [5.41, 5.74) is 0. The SMILES string of the molecule is CC(O)CC(C)NC(=O)C1CNC(=O)C1. The van der Waals surface area contributed by atoms with Gasteiger partial charge in [-0.05, 0) is 20.3 Å². The second kappa shape index (κ2) is 5.11. The molecule has 1 aliphatic heterocycles. The van der Waals surface area contributed by atoms with Crippen LogP contribution >= 0.6 is 0 Å². The van der Waals surface area contributed by atoms with Crippen molar-refractivity contribution in [3.8, 4) is 0 Å². The number of carbonyl (C=O) groups is 2. The predicted octanol–water partition coefficient (Wildman–Crippen LogP) is -0.602. The molecule has 3 unspecified atom stereocenters. The minimum Gasteiger partial charge on any atom is -0.393 e. The van der Waals surface area contributed by atoms with Crippen LogP contribution in [0.25, 0.3) is 0 Å². The van der Waals surface area contributed by atoms with Crippen LogP contribution in [0.15, 0.2) is 0 Å². The Hall–Kier alpha value is -1.10. The number of hydrogen-bond donors (Lipinski definition) is 3. The van der Waals surface area contributed by atoms with E-state index < -0.39 is 6.10 Å². The van der Waals surface area contributed by atoms with Crippen LogP contribution in [0.2, 0.25) is 0 Å². The van der Waals surface area contributed by atoms with Crippen LogP contribution in [0.5, 0.6) is 0 Å². The molecule has 3 N–H and O–H groups in total. The van der Waals surface area contributed by atoms with E-state index in [-0.39, 0.29) is 30.2 Å². The second-order valence-corrected chi connectivity index (χ2v) is 4.20. The molecule has 0 aromatic rings. The van der Waals surface area contributed by atoms with Crippen molar-refractivity contribution in [1.82, 2.24) is 10.6 Å². The molecule has 1 rings (SSSR count). The highest BCUT2D eigenvalue weighted by molar-refractivity contribution is 5.89. The highest BCUT2D eigenvalue weighted by Gasteiger charge is 2.28. The zero-order valence-corrected chi connectivity index (χ0v) is 9.12. The molecular weight excluding hydrogens is 196 g/mol. The number of amides is 2. The zero-order valence-electron chi connectivity index (χ0n) is 9.12. The summed E-state index contributed by atoms with van der Waals surface area (Å²) in [6, 6.07) is -0.0618. The lowest BCUT2D eigenvalue weighted by Gasteiger charge is -2.17. The first-order valence-corrected chi connectivity index (χ1v) is 5.24. The summed E-state index contributed by atoms with van der Waals surface area (Å²) in [5, 5.41) is 14.5. The van der Waals surface area contributed by atoms with Crippen molar-refractivity contribution in [2.24, 2.45) is 5.92 Å². The fraction of sp³-hybridized carbons (Fsp3) is 0.800. The molecule has 0 aromatic carbocycles. The summed E-state index contributed by atoms with van der Waals surface area (Å²) >= 11 is 0. The molecule has 2 amide bonds. The Labute approximate surface area is 89.2 Å². The monoisotopic (exact) mass is 214 g/mol. The van der Waals surface area contributed by atoms with E-state index in [2.05, 4.69) is 10.6 Å². The maximum absolute atomic E-state index is 11.6. The zero-order chi connectivity index (χ0) is 11.4. The quantitative estimate of drug-likeness (QED) is 0.584. The fourth-order valence-corrected chi connectivity index (χ4v) is 1.72. The summed E-state index contributed by atoms with van der Waals surface area (Å²) in [7, 11) is 0. The molecule has 86 valence electrons. The van der Waals surface area contributed by atoms with Gasteiger partial charge in [0, 0.05) is 19.0 Å². The Balaban J connectivity index is 2.32. The minimum absolute atomic E-state index is 0.0618. The van der Waals surface area contributed by atoms with Gasteiger partial charge in [-0.1, -0.05) is 0 Å². The van der Waals surface area contributed by atoms with Crippen molar-refractivity contribution in [3.05, 3.63) is 0 Å². The van der Waals surface area contributed by atoms with Gasteiger partial charge in [0.05, 0.1) is 12.0 Å². The van der Waals surface area contributed by atoms with Crippen LogP contribution < -0.4 is 10.6 Å². The van der Waals surface area contributed by atoms with Crippen LogP contribution in [0.3, 0.4) is 0 Å². The molecule has 15 heavy (non-hydrogen) atoms. The van der Waals surface area contributed by atoms with Crippen molar-refractivity contribution in [2.45, 2.75) is 38.8 Å². The molecule has 1 heterocycles. The van der Waals surface area contributed by atoms with Gasteiger partial charge in [-0.3, -0.25) is 9.59 Å². The fourth-order valence-electron chi connectivity index (χ4n) is 1.72. The van der Waals surface area contributed by atoms with Crippen molar-refractivity contribution in [3.63, 3.8) is 0 Å². The van der Waals surface area contributed by atoms with Gasteiger partial charge >= 0.3 is 0 Å². The number of carbonyl (C=O) groups excluding carboxylic acids is 2. The smallest absolute Gasteiger partial charge is 0.225 e. The minimum atomic E-state index is -0.427. The maximum Gasteiger partial charge on any atom is 0.225 e. The molecule has 1 fully saturated rings. The molecule has 5 heteroatoms. The Morgan fingerprint density at radius 2 is 2.33 bits per heavy atom. The third-order valence-corrected chi connectivity index (χ3v) is 2.43. The van der Waals surface area contributed by atoms with Gasteiger partial charge in [-0.15, -0.1) is 0 Å². The van der Waals surface area contributed by atoms with Gasteiger partial charge in [0.15, 0.2) is 0 Å². The van der Waals surface area contributed by atoms with E-state index in [0.717, 1.165) is 0 Å². The first kappa shape index (κ1) is 12.0. The number of hydrogen-bond acceptors (Lipinski definition) is 3. The lowest BCUT2D eigenvalue weighted by atomic mass is 10.1. The first-order chi connectivity index (χ1) is 6.99. The average Bonchev–Trinajstić information content (AvgIpc) is 2.49. The highest BCUT2D eigenvalue weighted by Crippen LogP contribution is 2.09. The van der Waals surface area contributed by atoms with Gasteiger partial charge in [-0.25, -0.2) is 0 Å². The summed E-state index contributed by atoms with van der Waals surface area (Å²) in [6.07, 6.45) is 0.371. The Bertz CT molecular complexity index is 253. The van der Waals surface area contributed by atoms with Crippen LogP contribution in [0.4, 0.5) is 0 Å². The van der Waals surface area contributed by atoms with E-state index in [0.29, 0.717) is 13.0 Å². The number of aliphatic hydroxyl groups is 1. The molecule has 0 aliphatic carbocycles. The summed E-state index contributed by atoms with van der Waals surface area (Å²) in [6.45, 7) is 3.95. The summed E-state index contributed by atoms with van der Waals surface area (Å²) in [5.74, 6) is -0.436. The largest absolute Gasteiger partial charge is 0.393 e. The molecule has 5 nitrogen and oxygen atoms in total. The van der Waals surface area contributed by atoms with Gasteiger partial charge in [-0.2, -0.15) is 0 Å². The number of nitrogens with one attached hydrogen (secondary N) is 2. The molecular formula is C10H18N2O3. The standard InChI is InChI=1S/C10H18N2O3/c1-6(3-7(2)13)12-10(15)8-4-9(14)11-5-8/h6-8,13H,3-5H2,1-2H3,(H,11,14)(H,12,15). The summed E-state index contributed by atoms with van der Waals surface area (Å²) < 4.78 is 0. The molecule has 1 saturated heterocycles. The van der Waals surface area contributed by atoms with E-state index in [4.69, 9.17) is 5.11 Å². The van der Waals surface area contributed by atoms with Crippen LogP contribution in [0.1, 0.15) is 26.7 Å². The molecule has 1 aliphatic rings. The normalized spacial score (nSPS) is 24.5. The highest BCUT2D eigenvalue weighted by atomic mass is 16.3. The molecule has 0 aromatic heterocycles. The van der Waals surface area contributed by atoms with Gasteiger partial charge < -0.3 is 15.7 Å². The number of rotatable bonds is 4. The summed E-state index contributed by atoms with van der Waals surface area (Å²) in [4.78, 5) is 22.5. The van der Waals surface area contributed by atoms with E-state index >= 15 is 0 Å². The van der Waals surface area contributed by atoms with Crippen LogP contribution in [-0.2, 0) is 9.59 Å². The van der Waals surface area contributed by atoms with E-state index in [1.165, 1.54) is 0 Å². The van der Waals surface area contributed by atoms with E-state index in [1.54, 1.807) is 6.92 Å². The van der Waals surface area contributed by atoms with Crippen LogP contribution in [-0.4, -0.2) is 35.6 Å². The molecule has 0 bridgehead atoms. The van der Waals surface area contributed by atoms with Crippen molar-refractivity contribution in [2.75, 3.05) is 6.54 Å². The molecule has 0 radical (unpaired) electrons.